The Morgan fingerprint density at radius 2 is 2.00 bits per heavy atom. The van der Waals surface area contributed by atoms with Crippen LogP contribution in [0.4, 0.5) is 8.78 Å². The van der Waals surface area contributed by atoms with Crippen molar-refractivity contribution >= 4 is 0 Å². The highest BCUT2D eigenvalue weighted by Gasteiger charge is 2.32. The van der Waals surface area contributed by atoms with E-state index in [9.17, 15) is 8.78 Å². The number of nitrogens with one attached hydrogen (secondary N) is 1. The second kappa shape index (κ2) is 3.84. The summed E-state index contributed by atoms with van der Waals surface area (Å²) in [7, 11) is 0. The van der Waals surface area contributed by atoms with E-state index in [4.69, 9.17) is 10.3 Å². The number of halogens is 2. The molecule has 0 spiro atoms. The molecule has 2 rings (SSSR count). The third kappa shape index (κ3) is 1.60. The van der Waals surface area contributed by atoms with Gasteiger partial charge in [0.2, 0.25) is 0 Å². The molecule has 0 saturated carbocycles. The Kier molecular flexibility index (Phi) is 2.52. The zero-order valence-electron chi connectivity index (χ0n) is 8.15. The molecule has 0 aliphatic carbocycles. The number of benzene rings is 1. The van der Waals surface area contributed by atoms with Gasteiger partial charge in [-0.25, -0.2) is 14.3 Å². The molecule has 0 bridgehead atoms. The van der Waals surface area contributed by atoms with Crippen LogP contribution < -0.4 is 0 Å². The quantitative estimate of drug-likeness (QED) is 0.767. The maximum Gasteiger partial charge on any atom is 0.263 e. The first-order chi connectivity index (χ1) is 7.68. The summed E-state index contributed by atoms with van der Waals surface area (Å²) in [6, 6.07) is 3.28. The minimum Gasteiger partial charge on any atom is -0.464 e. The molecule has 1 aliphatic heterocycles. The first-order valence-electron chi connectivity index (χ1n) is 4.54. The maximum absolute atomic E-state index is 13.1. The van der Waals surface area contributed by atoms with Gasteiger partial charge in [0.1, 0.15) is 0 Å². The topological polar surface area (TPSA) is 45.4 Å². The van der Waals surface area contributed by atoms with Crippen molar-refractivity contribution in [2.75, 3.05) is 0 Å². The minimum atomic E-state index is -1.39. The first kappa shape index (κ1) is 10.5. The summed E-state index contributed by atoms with van der Waals surface area (Å²) in [6.07, 6.45) is 6.08. The van der Waals surface area contributed by atoms with Gasteiger partial charge in [-0.1, -0.05) is 6.08 Å². The Bertz CT molecular complexity index is 485. The first-order valence-corrected chi connectivity index (χ1v) is 4.54. The summed E-state index contributed by atoms with van der Waals surface area (Å²) in [6.45, 7) is 0. The van der Waals surface area contributed by atoms with Crippen LogP contribution in [0.3, 0.4) is 0 Å². The van der Waals surface area contributed by atoms with E-state index in [1.54, 1.807) is 12.2 Å². The highest BCUT2D eigenvalue weighted by atomic mass is 19.2. The Labute approximate surface area is 90.6 Å². The van der Waals surface area contributed by atoms with E-state index >= 15 is 0 Å². The van der Waals surface area contributed by atoms with Gasteiger partial charge in [0.15, 0.2) is 11.6 Å². The molecular formula is C11H8F2N2O. The number of ether oxygens (including phenoxy) is 1. The van der Waals surface area contributed by atoms with Crippen molar-refractivity contribution in [1.82, 2.24) is 0 Å². The minimum absolute atomic E-state index is 0.266. The van der Waals surface area contributed by atoms with Crippen LogP contribution in [0, 0.1) is 17.2 Å². The summed E-state index contributed by atoms with van der Waals surface area (Å²) in [5.74, 6) is -1.94. The molecule has 0 radical (unpaired) electrons. The highest BCUT2D eigenvalue weighted by molar-refractivity contribution is 5.31. The molecule has 1 atom stereocenters. The highest BCUT2D eigenvalue weighted by Crippen LogP contribution is 2.32. The molecule has 0 fully saturated rings. The fraction of sp³-hybridized carbons (Fsp3) is 0.0909. The molecule has 1 heterocycles. The van der Waals surface area contributed by atoms with E-state index < -0.39 is 17.4 Å². The van der Waals surface area contributed by atoms with E-state index in [0.29, 0.717) is 0 Å². The van der Waals surface area contributed by atoms with E-state index in [2.05, 4.69) is 5.11 Å². The second-order valence-electron chi connectivity index (χ2n) is 3.24. The molecule has 3 nitrogen and oxygen atoms in total. The lowest BCUT2D eigenvalue weighted by Gasteiger charge is -2.26. The van der Waals surface area contributed by atoms with Crippen molar-refractivity contribution in [3.05, 3.63) is 59.9 Å². The largest absolute Gasteiger partial charge is 0.464 e. The molecule has 82 valence electrons. The van der Waals surface area contributed by atoms with Crippen molar-refractivity contribution in [3.63, 3.8) is 0 Å². The van der Waals surface area contributed by atoms with Crippen LogP contribution >= 0.6 is 0 Å². The lowest BCUT2D eigenvalue weighted by molar-refractivity contribution is 0.0607. The van der Waals surface area contributed by atoms with Crippen molar-refractivity contribution in [1.29, 1.82) is 5.53 Å². The lowest BCUT2D eigenvalue weighted by atomic mass is 10.0. The fourth-order valence-electron chi connectivity index (χ4n) is 1.43. The van der Waals surface area contributed by atoms with Gasteiger partial charge in [0.25, 0.3) is 5.72 Å². The van der Waals surface area contributed by atoms with Crippen LogP contribution in [0.2, 0.25) is 0 Å². The summed E-state index contributed by atoms with van der Waals surface area (Å²) >= 11 is 0. The molecule has 0 amide bonds. The Morgan fingerprint density at radius 1 is 1.19 bits per heavy atom. The summed E-state index contributed by atoms with van der Waals surface area (Å²) < 4.78 is 31.0. The second-order valence-corrected chi connectivity index (χ2v) is 3.24. The summed E-state index contributed by atoms with van der Waals surface area (Å²) in [4.78, 5) is 0. The van der Waals surface area contributed by atoms with Gasteiger partial charge >= 0.3 is 0 Å². The molecule has 1 aromatic rings. The predicted octanol–water partition coefficient (Wildman–Crippen LogP) is 3.25. The Hall–Kier alpha value is -2.04. The predicted molar refractivity (Wildman–Crippen MR) is 52.5 cm³/mol. The zero-order valence-corrected chi connectivity index (χ0v) is 8.15. The van der Waals surface area contributed by atoms with E-state index in [1.165, 1.54) is 18.4 Å². The molecule has 0 aromatic heterocycles. The van der Waals surface area contributed by atoms with Crippen LogP contribution in [0.1, 0.15) is 5.56 Å². The molecule has 1 aromatic carbocycles. The van der Waals surface area contributed by atoms with Gasteiger partial charge in [-0.2, -0.15) is 0 Å². The average molecular weight is 222 g/mol. The summed E-state index contributed by atoms with van der Waals surface area (Å²) in [5.41, 5.74) is 5.99. The Balaban J connectivity index is 2.48. The van der Waals surface area contributed by atoms with Crippen LogP contribution in [0.15, 0.2) is 47.8 Å². The number of hydrogen-bond donors (Lipinski definition) is 1. The van der Waals surface area contributed by atoms with Crippen molar-refractivity contribution < 1.29 is 13.5 Å². The normalized spacial score (nSPS) is 22.9. The van der Waals surface area contributed by atoms with Gasteiger partial charge in [-0.3, -0.25) is 0 Å². The lowest BCUT2D eigenvalue weighted by Crippen LogP contribution is -2.23. The number of rotatable bonds is 2. The van der Waals surface area contributed by atoms with Gasteiger partial charge in [-0.05, 0) is 30.4 Å². The van der Waals surface area contributed by atoms with Crippen molar-refractivity contribution in [2.45, 2.75) is 5.72 Å². The van der Waals surface area contributed by atoms with Gasteiger partial charge in [0, 0.05) is 5.56 Å². The maximum atomic E-state index is 13.1. The summed E-state index contributed by atoms with van der Waals surface area (Å²) in [5, 5.41) is 3.32. The van der Waals surface area contributed by atoms with Crippen molar-refractivity contribution in [3.8, 4) is 0 Å². The molecule has 1 N–H and O–H groups in total. The number of nitrogens with zero attached hydrogens (tertiary/aromatic N) is 1. The number of allylic oxidation sites excluding steroid dienone is 2. The van der Waals surface area contributed by atoms with Crippen LogP contribution in [0.25, 0.3) is 0 Å². The third-order valence-electron chi connectivity index (χ3n) is 2.26. The van der Waals surface area contributed by atoms with E-state index in [0.717, 1.165) is 12.1 Å². The SMILES string of the molecule is N=NC1(c2ccc(F)c(F)c2)C=CC=CO1. The van der Waals surface area contributed by atoms with Crippen LogP contribution in [0.5, 0.6) is 0 Å². The smallest absolute Gasteiger partial charge is 0.263 e. The molecule has 5 heteroatoms. The van der Waals surface area contributed by atoms with Gasteiger partial charge in [0.05, 0.1) is 6.26 Å². The van der Waals surface area contributed by atoms with E-state index in [-0.39, 0.29) is 5.56 Å². The Morgan fingerprint density at radius 3 is 2.56 bits per heavy atom. The third-order valence-corrected chi connectivity index (χ3v) is 2.26. The zero-order chi connectivity index (χ0) is 11.6. The van der Waals surface area contributed by atoms with E-state index in [1.807, 2.05) is 0 Å². The van der Waals surface area contributed by atoms with Crippen LogP contribution in [-0.2, 0) is 10.5 Å². The van der Waals surface area contributed by atoms with Crippen molar-refractivity contribution in [2.24, 2.45) is 5.11 Å². The molecule has 16 heavy (non-hydrogen) atoms. The average Bonchev–Trinajstić information content (AvgIpc) is 2.33. The molecule has 1 aliphatic rings. The van der Waals surface area contributed by atoms with Gasteiger partial charge < -0.3 is 4.74 Å². The number of hydrogen-bond acceptors (Lipinski definition) is 3. The van der Waals surface area contributed by atoms with Crippen LogP contribution in [-0.4, -0.2) is 0 Å². The molecule has 1 unspecified atom stereocenters. The fourth-order valence-corrected chi connectivity index (χ4v) is 1.43. The molecule has 0 saturated heterocycles. The molecular weight excluding hydrogens is 214 g/mol. The van der Waals surface area contributed by atoms with Gasteiger partial charge in [-0.15, -0.1) is 5.11 Å². The monoisotopic (exact) mass is 222 g/mol. The standard InChI is InChI=1S/C11H8F2N2O/c12-9-4-3-8(7-10(9)13)11(15-14)5-1-2-6-16-11/h1-7,14H.